The predicted molar refractivity (Wildman–Crippen MR) is 78.4 cm³/mol. The molecule has 4 unspecified atom stereocenters. The van der Waals surface area contributed by atoms with Gasteiger partial charge in [-0.25, -0.2) is 0 Å². The van der Waals surface area contributed by atoms with Crippen molar-refractivity contribution in [1.29, 1.82) is 0 Å². The molecule has 1 aliphatic carbocycles. The van der Waals surface area contributed by atoms with Gasteiger partial charge in [-0.3, -0.25) is 4.55 Å². The van der Waals surface area contributed by atoms with Crippen molar-refractivity contribution in [2.75, 3.05) is 0 Å². The summed E-state index contributed by atoms with van der Waals surface area (Å²) < 4.78 is 33.1. The second-order valence-corrected chi connectivity index (χ2v) is 9.42. The third kappa shape index (κ3) is 3.92. The molecule has 0 bridgehead atoms. The predicted octanol–water partition coefficient (Wildman–Crippen LogP) is 2.69. The Labute approximate surface area is 117 Å². The summed E-state index contributed by atoms with van der Waals surface area (Å²) in [7, 11) is -4.01. The molecule has 4 nitrogen and oxygen atoms in total. The Balaban J connectivity index is 3.14. The summed E-state index contributed by atoms with van der Waals surface area (Å²) in [4.78, 5) is 0. The molecule has 0 aromatic carbocycles. The highest BCUT2D eigenvalue weighted by Crippen LogP contribution is 2.51. The SMILES string of the molecule is CC1CC(C)C(S(=O)(=O)O)C1C(C)(C)CC(C)(C)N. The van der Waals surface area contributed by atoms with Crippen molar-refractivity contribution >= 4 is 10.1 Å². The van der Waals surface area contributed by atoms with Crippen molar-refractivity contribution in [1.82, 2.24) is 0 Å². The molecule has 1 rings (SSSR count). The number of hydrogen-bond donors (Lipinski definition) is 2. The third-order valence-corrected chi connectivity index (χ3v) is 5.87. The lowest BCUT2D eigenvalue weighted by Crippen LogP contribution is -2.45. The Kier molecular flexibility index (Phi) is 4.46. The highest BCUT2D eigenvalue weighted by molar-refractivity contribution is 7.86. The van der Waals surface area contributed by atoms with E-state index >= 15 is 0 Å². The van der Waals surface area contributed by atoms with Crippen LogP contribution in [0.15, 0.2) is 0 Å². The quantitative estimate of drug-likeness (QED) is 0.780. The third-order valence-electron chi connectivity index (χ3n) is 4.43. The van der Waals surface area contributed by atoms with Gasteiger partial charge in [-0.15, -0.1) is 0 Å². The average molecular weight is 291 g/mol. The van der Waals surface area contributed by atoms with Gasteiger partial charge in [-0.05, 0) is 49.9 Å². The van der Waals surface area contributed by atoms with E-state index in [1.54, 1.807) is 0 Å². The van der Waals surface area contributed by atoms with E-state index in [4.69, 9.17) is 5.73 Å². The van der Waals surface area contributed by atoms with E-state index < -0.39 is 15.4 Å². The van der Waals surface area contributed by atoms with E-state index in [1.165, 1.54) is 0 Å². The molecule has 3 N–H and O–H groups in total. The summed E-state index contributed by atoms with van der Waals surface area (Å²) in [6, 6.07) is 0. The van der Waals surface area contributed by atoms with Gasteiger partial charge in [0, 0.05) is 5.54 Å². The van der Waals surface area contributed by atoms with Gasteiger partial charge in [-0.2, -0.15) is 8.42 Å². The van der Waals surface area contributed by atoms with Crippen LogP contribution in [0.4, 0.5) is 0 Å². The first-order chi connectivity index (χ1) is 8.26. The largest absolute Gasteiger partial charge is 0.326 e. The molecule has 19 heavy (non-hydrogen) atoms. The molecular weight excluding hydrogens is 262 g/mol. The fraction of sp³-hybridized carbons (Fsp3) is 1.00. The van der Waals surface area contributed by atoms with Gasteiger partial charge in [0.2, 0.25) is 0 Å². The number of rotatable bonds is 4. The van der Waals surface area contributed by atoms with Crippen molar-refractivity contribution in [3.05, 3.63) is 0 Å². The smallest absolute Gasteiger partial charge is 0.268 e. The fourth-order valence-electron chi connectivity index (χ4n) is 4.53. The molecule has 0 aliphatic heterocycles. The minimum absolute atomic E-state index is 0.00448. The minimum atomic E-state index is -4.01. The molecule has 0 aromatic rings. The van der Waals surface area contributed by atoms with Crippen LogP contribution in [-0.4, -0.2) is 23.8 Å². The first-order valence-corrected chi connectivity index (χ1v) is 8.51. The Morgan fingerprint density at radius 2 is 1.63 bits per heavy atom. The summed E-state index contributed by atoms with van der Waals surface area (Å²) in [5.41, 5.74) is 5.54. The Morgan fingerprint density at radius 1 is 1.16 bits per heavy atom. The highest BCUT2D eigenvalue weighted by Gasteiger charge is 2.52. The molecule has 0 aromatic heterocycles. The molecule has 0 radical (unpaired) electrons. The van der Waals surface area contributed by atoms with Gasteiger partial charge in [-0.1, -0.05) is 27.7 Å². The summed E-state index contributed by atoms with van der Waals surface area (Å²) in [6.07, 6.45) is 1.57. The number of nitrogens with two attached hydrogens (primary N) is 1. The van der Waals surface area contributed by atoms with Gasteiger partial charge >= 0.3 is 0 Å². The van der Waals surface area contributed by atoms with Gasteiger partial charge in [0.1, 0.15) is 0 Å². The molecule has 0 spiro atoms. The van der Waals surface area contributed by atoms with Gasteiger partial charge < -0.3 is 5.73 Å². The zero-order valence-corrected chi connectivity index (χ0v) is 13.8. The Morgan fingerprint density at radius 3 is 2.00 bits per heavy atom. The topological polar surface area (TPSA) is 80.4 Å². The average Bonchev–Trinajstić information content (AvgIpc) is 2.35. The summed E-state index contributed by atoms with van der Waals surface area (Å²) >= 11 is 0. The van der Waals surface area contributed by atoms with Crippen LogP contribution in [0, 0.1) is 23.2 Å². The zero-order chi connectivity index (χ0) is 15.2. The van der Waals surface area contributed by atoms with Crippen LogP contribution in [0.1, 0.15) is 54.4 Å². The normalized spacial score (nSPS) is 33.7. The summed E-state index contributed by atoms with van der Waals surface area (Å²) in [5.74, 6) is 0.217. The summed E-state index contributed by atoms with van der Waals surface area (Å²) in [6.45, 7) is 12.1. The van der Waals surface area contributed by atoms with Crippen LogP contribution >= 0.6 is 0 Å². The molecule has 5 heteroatoms. The van der Waals surface area contributed by atoms with Gasteiger partial charge in [0.15, 0.2) is 0 Å². The van der Waals surface area contributed by atoms with Crippen molar-refractivity contribution in [3.8, 4) is 0 Å². The van der Waals surface area contributed by atoms with Crippen LogP contribution in [0.25, 0.3) is 0 Å². The van der Waals surface area contributed by atoms with Gasteiger partial charge in [0.25, 0.3) is 10.1 Å². The molecule has 1 saturated carbocycles. The molecule has 0 saturated heterocycles. The zero-order valence-electron chi connectivity index (χ0n) is 13.0. The van der Waals surface area contributed by atoms with Gasteiger partial charge in [0.05, 0.1) is 5.25 Å². The molecule has 1 aliphatic rings. The molecule has 0 amide bonds. The van der Waals surface area contributed by atoms with Crippen LogP contribution < -0.4 is 5.73 Å². The van der Waals surface area contributed by atoms with E-state index in [1.807, 2.05) is 20.8 Å². The highest BCUT2D eigenvalue weighted by atomic mass is 32.2. The second kappa shape index (κ2) is 5.01. The first-order valence-electron chi connectivity index (χ1n) is 7.01. The van der Waals surface area contributed by atoms with E-state index in [9.17, 15) is 13.0 Å². The van der Waals surface area contributed by atoms with Crippen LogP contribution in [0.2, 0.25) is 0 Å². The van der Waals surface area contributed by atoms with Crippen molar-refractivity contribution < 1.29 is 13.0 Å². The molecule has 0 heterocycles. The Bertz CT molecular complexity index is 422. The van der Waals surface area contributed by atoms with Crippen LogP contribution in [0.3, 0.4) is 0 Å². The second-order valence-electron chi connectivity index (χ2n) is 7.85. The van der Waals surface area contributed by atoms with E-state index in [0.29, 0.717) is 0 Å². The van der Waals surface area contributed by atoms with Crippen molar-refractivity contribution in [2.24, 2.45) is 28.9 Å². The van der Waals surface area contributed by atoms with Crippen molar-refractivity contribution in [2.45, 2.75) is 65.2 Å². The monoisotopic (exact) mass is 291 g/mol. The van der Waals surface area contributed by atoms with Crippen LogP contribution in [0.5, 0.6) is 0 Å². The van der Waals surface area contributed by atoms with Crippen molar-refractivity contribution in [3.63, 3.8) is 0 Å². The standard InChI is InChI=1S/C14H29NO3S/c1-9-7-10(2)12(19(16,17)18)11(9)13(3,4)8-14(5,6)15/h9-12H,7-8,15H2,1-6H3,(H,16,17,18). The van der Waals surface area contributed by atoms with Crippen LogP contribution in [-0.2, 0) is 10.1 Å². The molecule has 1 fully saturated rings. The maximum Gasteiger partial charge on any atom is 0.268 e. The van der Waals surface area contributed by atoms with E-state index in [0.717, 1.165) is 12.8 Å². The lowest BCUT2D eigenvalue weighted by atomic mass is 9.68. The number of hydrogen-bond acceptors (Lipinski definition) is 3. The Hall–Kier alpha value is -0.130. The molecule has 114 valence electrons. The molecular formula is C14H29NO3S. The fourth-order valence-corrected chi connectivity index (χ4v) is 6.24. The summed E-state index contributed by atoms with van der Waals surface area (Å²) in [5, 5.41) is -0.667. The van der Waals surface area contributed by atoms with E-state index in [-0.39, 0.29) is 28.7 Å². The minimum Gasteiger partial charge on any atom is -0.326 e. The lowest BCUT2D eigenvalue weighted by molar-refractivity contribution is 0.127. The lowest BCUT2D eigenvalue weighted by Gasteiger charge is -2.41. The maximum absolute atomic E-state index is 11.7. The molecule has 4 atom stereocenters. The maximum atomic E-state index is 11.7. The van der Waals surface area contributed by atoms with E-state index in [2.05, 4.69) is 20.8 Å². The first kappa shape index (κ1) is 16.9.